The van der Waals surface area contributed by atoms with Crippen LogP contribution in [-0.4, -0.2) is 0 Å². The van der Waals surface area contributed by atoms with Gasteiger partial charge in [0.15, 0.2) is 0 Å². The lowest BCUT2D eigenvalue weighted by atomic mass is 9.99. The topological polar surface area (TPSA) is 12.0 Å². The zero-order valence-corrected chi connectivity index (χ0v) is 6.72. The van der Waals surface area contributed by atoms with E-state index in [4.69, 9.17) is 0 Å². The fourth-order valence-corrected chi connectivity index (χ4v) is 1.09. The lowest BCUT2D eigenvalue weighted by molar-refractivity contribution is 1.01. The number of hydrogen-bond donors (Lipinski definition) is 1. The molecule has 0 bridgehead atoms. The Labute approximate surface area is 67.8 Å². The van der Waals surface area contributed by atoms with Crippen LogP contribution in [0.1, 0.15) is 6.92 Å². The second-order valence-corrected chi connectivity index (χ2v) is 2.42. The molecule has 1 heterocycles. The average molecular weight is 146 g/mol. The Morgan fingerprint density at radius 1 is 1.36 bits per heavy atom. The van der Waals surface area contributed by atoms with Crippen LogP contribution in [0.4, 0.5) is 0 Å². The molecule has 1 aliphatic rings. The summed E-state index contributed by atoms with van der Waals surface area (Å²) < 4.78 is 0. The summed E-state index contributed by atoms with van der Waals surface area (Å²) in [6, 6.07) is 0. The zero-order valence-electron chi connectivity index (χ0n) is 6.72. The number of hydrogen-bond acceptors (Lipinski definition) is 1. The second kappa shape index (κ2) is 3.24. The SMILES string of the molecule is C=CC1=CN[CH]C(C)=C1C=C. The van der Waals surface area contributed by atoms with Gasteiger partial charge in [0.1, 0.15) is 0 Å². The van der Waals surface area contributed by atoms with Gasteiger partial charge in [-0.3, -0.25) is 0 Å². The Balaban J connectivity index is 3.04. The molecule has 0 saturated heterocycles. The molecule has 11 heavy (non-hydrogen) atoms. The van der Waals surface area contributed by atoms with E-state index in [1.165, 1.54) is 5.57 Å². The van der Waals surface area contributed by atoms with Crippen molar-refractivity contribution in [2.24, 2.45) is 0 Å². The first kappa shape index (κ1) is 7.86. The highest BCUT2D eigenvalue weighted by atomic mass is 14.8. The number of allylic oxidation sites excluding steroid dienone is 4. The molecule has 1 heteroatoms. The van der Waals surface area contributed by atoms with Gasteiger partial charge in [0.25, 0.3) is 0 Å². The Bertz CT molecular complexity index is 244. The summed E-state index contributed by atoms with van der Waals surface area (Å²) in [6.45, 7) is 11.4. The van der Waals surface area contributed by atoms with E-state index in [2.05, 4.69) is 18.5 Å². The zero-order chi connectivity index (χ0) is 8.27. The summed E-state index contributed by atoms with van der Waals surface area (Å²) in [6.07, 6.45) is 5.58. The number of dihydropyridines is 1. The van der Waals surface area contributed by atoms with E-state index in [0.29, 0.717) is 0 Å². The predicted molar refractivity (Wildman–Crippen MR) is 48.6 cm³/mol. The summed E-state index contributed by atoms with van der Waals surface area (Å²) in [5, 5.41) is 3.04. The molecular weight excluding hydrogens is 134 g/mol. The molecule has 0 aliphatic carbocycles. The molecule has 1 aliphatic heterocycles. The molecule has 1 rings (SSSR count). The van der Waals surface area contributed by atoms with E-state index >= 15 is 0 Å². The number of nitrogens with one attached hydrogen (secondary N) is 1. The normalized spacial score (nSPS) is 17.0. The quantitative estimate of drug-likeness (QED) is 0.630. The van der Waals surface area contributed by atoms with Crippen LogP contribution in [0.3, 0.4) is 0 Å². The van der Waals surface area contributed by atoms with Gasteiger partial charge in [0.2, 0.25) is 0 Å². The molecular formula is C10H12N. The highest BCUT2D eigenvalue weighted by molar-refractivity contribution is 5.51. The van der Waals surface area contributed by atoms with Crippen molar-refractivity contribution in [1.82, 2.24) is 5.32 Å². The Kier molecular flexibility index (Phi) is 2.32. The minimum Gasteiger partial charge on any atom is -0.381 e. The molecule has 0 unspecified atom stereocenters. The lowest BCUT2D eigenvalue weighted by Crippen LogP contribution is -2.10. The van der Waals surface area contributed by atoms with Crippen LogP contribution in [0, 0.1) is 6.54 Å². The maximum atomic E-state index is 3.74. The highest BCUT2D eigenvalue weighted by Gasteiger charge is 2.06. The second-order valence-electron chi connectivity index (χ2n) is 2.42. The lowest BCUT2D eigenvalue weighted by Gasteiger charge is -2.15. The predicted octanol–water partition coefficient (Wildman–Crippen LogP) is 2.32. The van der Waals surface area contributed by atoms with Crippen molar-refractivity contribution in [3.8, 4) is 0 Å². The Morgan fingerprint density at radius 3 is 2.55 bits per heavy atom. The van der Waals surface area contributed by atoms with Crippen LogP contribution in [0.25, 0.3) is 0 Å². The van der Waals surface area contributed by atoms with Gasteiger partial charge in [0, 0.05) is 6.20 Å². The Morgan fingerprint density at radius 2 is 2.09 bits per heavy atom. The van der Waals surface area contributed by atoms with Crippen molar-refractivity contribution in [1.29, 1.82) is 0 Å². The van der Waals surface area contributed by atoms with Crippen molar-refractivity contribution in [2.75, 3.05) is 0 Å². The van der Waals surface area contributed by atoms with Crippen molar-refractivity contribution in [3.05, 3.63) is 54.8 Å². The minimum atomic E-state index is 1.10. The fourth-order valence-electron chi connectivity index (χ4n) is 1.09. The molecule has 0 aromatic heterocycles. The summed E-state index contributed by atoms with van der Waals surface area (Å²) in [5.74, 6) is 0. The summed E-state index contributed by atoms with van der Waals surface area (Å²) in [5.41, 5.74) is 3.44. The average Bonchev–Trinajstić information content (AvgIpc) is 2.04. The Hall–Kier alpha value is -1.24. The molecule has 0 saturated carbocycles. The molecule has 0 fully saturated rings. The van der Waals surface area contributed by atoms with E-state index in [-0.39, 0.29) is 0 Å². The standard InChI is InChI=1S/C10H12N/c1-4-9-7-11-6-8(3)10(9)5-2/h4-7,11H,1-2H2,3H3. The van der Waals surface area contributed by atoms with E-state index < -0.39 is 0 Å². The maximum Gasteiger partial charge on any atom is 0.0715 e. The van der Waals surface area contributed by atoms with Gasteiger partial charge in [-0.05, 0) is 23.6 Å². The summed E-state index contributed by atoms with van der Waals surface area (Å²) in [7, 11) is 0. The first-order chi connectivity index (χ1) is 5.29. The third-order valence-electron chi connectivity index (χ3n) is 1.70. The first-order valence-electron chi connectivity index (χ1n) is 3.55. The summed E-state index contributed by atoms with van der Waals surface area (Å²) in [4.78, 5) is 0. The molecule has 57 valence electrons. The third-order valence-corrected chi connectivity index (χ3v) is 1.70. The van der Waals surface area contributed by atoms with Crippen LogP contribution < -0.4 is 5.32 Å². The van der Waals surface area contributed by atoms with E-state index in [1.807, 2.05) is 31.8 Å². The fraction of sp³-hybridized carbons (Fsp3) is 0.100. The van der Waals surface area contributed by atoms with Gasteiger partial charge in [-0.2, -0.15) is 0 Å². The van der Waals surface area contributed by atoms with Crippen molar-refractivity contribution >= 4 is 0 Å². The van der Waals surface area contributed by atoms with E-state index in [1.54, 1.807) is 0 Å². The molecule has 1 N–H and O–H groups in total. The smallest absolute Gasteiger partial charge is 0.0715 e. The van der Waals surface area contributed by atoms with Gasteiger partial charge in [-0.1, -0.05) is 25.3 Å². The van der Waals surface area contributed by atoms with Crippen LogP contribution in [0.15, 0.2) is 48.2 Å². The van der Waals surface area contributed by atoms with Gasteiger partial charge in [-0.25, -0.2) is 0 Å². The first-order valence-corrected chi connectivity index (χ1v) is 3.55. The van der Waals surface area contributed by atoms with E-state index in [9.17, 15) is 0 Å². The van der Waals surface area contributed by atoms with Crippen LogP contribution in [0.2, 0.25) is 0 Å². The number of rotatable bonds is 2. The minimum absolute atomic E-state index is 1.10. The van der Waals surface area contributed by atoms with Gasteiger partial charge < -0.3 is 5.32 Å². The molecule has 1 radical (unpaired) electrons. The largest absolute Gasteiger partial charge is 0.381 e. The molecule has 0 spiro atoms. The molecule has 1 nitrogen and oxygen atoms in total. The van der Waals surface area contributed by atoms with Gasteiger partial charge in [0.05, 0.1) is 6.54 Å². The third kappa shape index (κ3) is 1.43. The van der Waals surface area contributed by atoms with Crippen LogP contribution in [-0.2, 0) is 0 Å². The van der Waals surface area contributed by atoms with Crippen molar-refractivity contribution in [3.63, 3.8) is 0 Å². The summed E-state index contributed by atoms with van der Waals surface area (Å²) >= 11 is 0. The van der Waals surface area contributed by atoms with E-state index in [0.717, 1.165) is 11.1 Å². The highest BCUT2D eigenvalue weighted by Crippen LogP contribution is 2.20. The van der Waals surface area contributed by atoms with Crippen molar-refractivity contribution in [2.45, 2.75) is 6.92 Å². The monoisotopic (exact) mass is 146 g/mol. The van der Waals surface area contributed by atoms with Gasteiger partial charge in [-0.15, -0.1) is 0 Å². The molecule has 0 aromatic rings. The molecule has 0 aromatic carbocycles. The maximum absolute atomic E-state index is 3.74. The van der Waals surface area contributed by atoms with Crippen LogP contribution in [0.5, 0.6) is 0 Å². The van der Waals surface area contributed by atoms with Crippen LogP contribution >= 0.6 is 0 Å². The molecule has 0 amide bonds. The van der Waals surface area contributed by atoms with Crippen molar-refractivity contribution < 1.29 is 0 Å². The molecule has 0 atom stereocenters. The van der Waals surface area contributed by atoms with Gasteiger partial charge >= 0.3 is 0 Å².